The maximum absolute atomic E-state index is 4.27. The Morgan fingerprint density at radius 2 is 1.64 bits per heavy atom. The van der Waals surface area contributed by atoms with Crippen LogP contribution in [0, 0.1) is 13.8 Å². The topological polar surface area (TPSA) is 64.5 Å². The first-order valence-corrected chi connectivity index (χ1v) is 4.24. The number of hydrogen-bond donors (Lipinski definition) is 0. The fourth-order valence-electron chi connectivity index (χ4n) is 1.05. The Hall–Kier alpha value is -1.91. The Bertz CT molecular complexity index is 437. The van der Waals surface area contributed by atoms with Crippen LogP contribution in [0.5, 0.6) is 0 Å². The number of nitrogens with zero attached hydrogens (tertiary/aromatic N) is 5. The maximum Gasteiger partial charge on any atom is 0.221 e. The van der Waals surface area contributed by atoms with Gasteiger partial charge in [0.1, 0.15) is 5.69 Å². The molecule has 0 spiro atoms. The molecule has 0 radical (unpaired) electrons. The summed E-state index contributed by atoms with van der Waals surface area (Å²) in [6.45, 7) is 3.66. The van der Waals surface area contributed by atoms with Crippen LogP contribution in [-0.4, -0.2) is 25.4 Å². The van der Waals surface area contributed by atoms with E-state index in [1.54, 1.807) is 6.92 Å². The normalized spacial score (nSPS) is 10.1. The quantitative estimate of drug-likeness (QED) is 0.664. The summed E-state index contributed by atoms with van der Waals surface area (Å²) in [7, 11) is 0. The van der Waals surface area contributed by atoms with Crippen LogP contribution in [0.1, 0.15) is 11.5 Å². The average molecular weight is 187 g/mol. The molecule has 0 atom stereocenters. The molecule has 0 amide bonds. The molecule has 0 aliphatic heterocycles. The van der Waals surface area contributed by atoms with Crippen molar-refractivity contribution in [1.29, 1.82) is 0 Å². The van der Waals surface area contributed by atoms with Crippen LogP contribution >= 0.6 is 0 Å². The monoisotopic (exact) mass is 187 g/mol. The largest absolute Gasteiger partial charge is 0.250 e. The molecule has 14 heavy (non-hydrogen) atoms. The lowest BCUT2D eigenvalue weighted by molar-refractivity contribution is 0.811. The summed E-state index contributed by atoms with van der Waals surface area (Å²) < 4.78 is 0. The third-order valence-electron chi connectivity index (χ3n) is 1.70. The Kier molecular flexibility index (Phi) is 2.14. The van der Waals surface area contributed by atoms with Crippen molar-refractivity contribution in [2.75, 3.05) is 0 Å². The predicted molar refractivity (Wildman–Crippen MR) is 50.3 cm³/mol. The van der Waals surface area contributed by atoms with Gasteiger partial charge in [0.15, 0.2) is 5.82 Å². The highest BCUT2D eigenvalue weighted by Crippen LogP contribution is 2.09. The molecule has 0 aromatic carbocycles. The summed E-state index contributed by atoms with van der Waals surface area (Å²) in [4.78, 5) is 4.27. The van der Waals surface area contributed by atoms with E-state index in [2.05, 4.69) is 25.4 Å². The molecule has 0 saturated heterocycles. The molecule has 5 nitrogen and oxygen atoms in total. The van der Waals surface area contributed by atoms with E-state index < -0.39 is 0 Å². The third kappa shape index (κ3) is 1.71. The summed E-state index contributed by atoms with van der Waals surface area (Å²) in [6.07, 6.45) is 0. The molecule has 5 heteroatoms. The minimum atomic E-state index is 0.458. The van der Waals surface area contributed by atoms with Gasteiger partial charge in [-0.3, -0.25) is 0 Å². The second kappa shape index (κ2) is 3.45. The summed E-state index contributed by atoms with van der Waals surface area (Å²) in [5.74, 6) is 1.01. The molecular formula is C9H9N5. The molecule has 0 unspecified atom stereocenters. The van der Waals surface area contributed by atoms with Crippen LogP contribution in [-0.2, 0) is 0 Å². The van der Waals surface area contributed by atoms with Crippen LogP contribution in [0.15, 0.2) is 18.2 Å². The van der Waals surface area contributed by atoms with Crippen molar-refractivity contribution < 1.29 is 0 Å². The first-order valence-electron chi connectivity index (χ1n) is 4.24. The van der Waals surface area contributed by atoms with Crippen molar-refractivity contribution in [1.82, 2.24) is 25.4 Å². The van der Waals surface area contributed by atoms with Gasteiger partial charge >= 0.3 is 0 Å². The molecule has 0 fully saturated rings. The van der Waals surface area contributed by atoms with Gasteiger partial charge in [-0.25, -0.2) is 4.98 Å². The van der Waals surface area contributed by atoms with Crippen molar-refractivity contribution in [2.45, 2.75) is 13.8 Å². The summed E-state index contributed by atoms with van der Waals surface area (Å²) in [6, 6.07) is 5.65. The van der Waals surface area contributed by atoms with Gasteiger partial charge in [-0.15, -0.1) is 20.4 Å². The highest BCUT2D eigenvalue weighted by atomic mass is 15.3. The lowest BCUT2D eigenvalue weighted by Gasteiger charge is -1.97. The fraction of sp³-hybridized carbons (Fsp3) is 0.222. The van der Waals surface area contributed by atoms with Gasteiger partial charge in [0, 0.05) is 5.69 Å². The van der Waals surface area contributed by atoms with E-state index >= 15 is 0 Å². The average Bonchev–Trinajstić information content (AvgIpc) is 2.19. The van der Waals surface area contributed by atoms with Crippen molar-refractivity contribution in [2.24, 2.45) is 0 Å². The number of pyridine rings is 1. The van der Waals surface area contributed by atoms with Gasteiger partial charge in [0.05, 0.1) is 0 Å². The number of aryl methyl sites for hydroxylation is 2. The minimum Gasteiger partial charge on any atom is -0.250 e. The summed E-state index contributed by atoms with van der Waals surface area (Å²) in [5, 5.41) is 15.5. The van der Waals surface area contributed by atoms with Crippen molar-refractivity contribution in [3.63, 3.8) is 0 Å². The lowest BCUT2D eigenvalue weighted by atomic mass is 10.3. The van der Waals surface area contributed by atoms with Gasteiger partial charge in [-0.1, -0.05) is 6.07 Å². The minimum absolute atomic E-state index is 0.458. The first kappa shape index (κ1) is 8.68. The Morgan fingerprint density at radius 3 is 2.29 bits per heavy atom. The van der Waals surface area contributed by atoms with Crippen LogP contribution in [0.25, 0.3) is 11.5 Å². The zero-order valence-electron chi connectivity index (χ0n) is 7.97. The van der Waals surface area contributed by atoms with Gasteiger partial charge in [0.2, 0.25) is 5.82 Å². The van der Waals surface area contributed by atoms with Gasteiger partial charge < -0.3 is 0 Å². The molecular weight excluding hydrogens is 178 g/mol. The summed E-state index contributed by atoms with van der Waals surface area (Å²) >= 11 is 0. The highest BCUT2D eigenvalue weighted by molar-refractivity contribution is 5.47. The van der Waals surface area contributed by atoms with E-state index in [-0.39, 0.29) is 0 Å². The number of rotatable bonds is 1. The predicted octanol–water partition coefficient (Wildman–Crippen LogP) is 0.945. The molecule has 0 aliphatic carbocycles. The van der Waals surface area contributed by atoms with Crippen LogP contribution < -0.4 is 0 Å². The van der Waals surface area contributed by atoms with Crippen molar-refractivity contribution >= 4 is 0 Å². The zero-order chi connectivity index (χ0) is 9.97. The van der Waals surface area contributed by atoms with Gasteiger partial charge in [-0.2, -0.15) is 0 Å². The lowest BCUT2D eigenvalue weighted by Crippen LogP contribution is -2.00. The Labute approximate surface area is 81.3 Å². The van der Waals surface area contributed by atoms with E-state index in [4.69, 9.17) is 0 Å². The van der Waals surface area contributed by atoms with E-state index in [0.717, 1.165) is 5.69 Å². The van der Waals surface area contributed by atoms with Crippen molar-refractivity contribution in [3.05, 3.63) is 29.7 Å². The second-order valence-corrected chi connectivity index (χ2v) is 2.94. The standard InChI is InChI=1S/C9H9N5/c1-6-4-3-5-8(10-6)9-13-11-7(2)12-14-9/h3-5H,1-2H3. The van der Waals surface area contributed by atoms with Gasteiger partial charge in [-0.05, 0) is 26.0 Å². The van der Waals surface area contributed by atoms with E-state index in [9.17, 15) is 0 Å². The molecule has 2 rings (SSSR count). The molecule has 0 N–H and O–H groups in total. The fourth-order valence-corrected chi connectivity index (χ4v) is 1.05. The molecule has 2 heterocycles. The molecule has 0 saturated carbocycles. The molecule has 70 valence electrons. The Balaban J connectivity index is 2.44. The van der Waals surface area contributed by atoms with Crippen LogP contribution in [0.3, 0.4) is 0 Å². The zero-order valence-corrected chi connectivity index (χ0v) is 7.97. The third-order valence-corrected chi connectivity index (χ3v) is 1.70. The van der Waals surface area contributed by atoms with Crippen LogP contribution in [0.2, 0.25) is 0 Å². The first-order chi connectivity index (χ1) is 6.75. The SMILES string of the molecule is Cc1cccc(-c2nnc(C)nn2)n1. The second-order valence-electron chi connectivity index (χ2n) is 2.94. The van der Waals surface area contributed by atoms with Crippen LogP contribution in [0.4, 0.5) is 0 Å². The highest BCUT2D eigenvalue weighted by Gasteiger charge is 2.03. The van der Waals surface area contributed by atoms with Gasteiger partial charge in [0.25, 0.3) is 0 Å². The maximum atomic E-state index is 4.27. The van der Waals surface area contributed by atoms with Crippen molar-refractivity contribution in [3.8, 4) is 11.5 Å². The smallest absolute Gasteiger partial charge is 0.221 e. The number of hydrogen-bond acceptors (Lipinski definition) is 5. The van der Waals surface area contributed by atoms with E-state index in [0.29, 0.717) is 17.3 Å². The number of aromatic nitrogens is 5. The molecule has 0 bridgehead atoms. The molecule has 2 aromatic heterocycles. The van der Waals surface area contributed by atoms with E-state index in [1.807, 2.05) is 25.1 Å². The molecule has 0 aliphatic rings. The molecule has 2 aromatic rings. The summed E-state index contributed by atoms with van der Waals surface area (Å²) in [5.41, 5.74) is 1.62. The van der Waals surface area contributed by atoms with E-state index in [1.165, 1.54) is 0 Å². The Morgan fingerprint density at radius 1 is 0.929 bits per heavy atom.